The Morgan fingerprint density at radius 2 is 0.942 bits per heavy atom. The zero-order valence-electron chi connectivity index (χ0n) is 41.8. The molecular weight excluding hydrogens is 849 g/mol. The Morgan fingerprint density at radius 3 is 1.45 bits per heavy atom. The molecule has 0 aliphatic heterocycles. The first kappa shape index (κ1) is 49.6. The summed E-state index contributed by atoms with van der Waals surface area (Å²) in [7, 11) is 0. The fourth-order valence-corrected chi connectivity index (χ4v) is 10.3. The number of aryl methyl sites for hydroxylation is 7. The number of allylic oxidation sites excluding steroid dienone is 1. The molecule has 1 aromatic heterocycles. The average molecular weight is 915 g/mol. The van der Waals surface area contributed by atoms with Gasteiger partial charge in [0.1, 0.15) is 0 Å². The third-order valence-electron chi connectivity index (χ3n) is 12.8. The first-order valence-electron chi connectivity index (χ1n) is 24.2. The van der Waals surface area contributed by atoms with E-state index in [1.54, 1.807) is 11.3 Å². The molecule has 1 heteroatoms. The van der Waals surface area contributed by atoms with Crippen molar-refractivity contribution in [3.8, 4) is 11.1 Å². The topological polar surface area (TPSA) is 0 Å². The van der Waals surface area contributed by atoms with E-state index in [4.69, 9.17) is 0 Å². The molecule has 0 saturated heterocycles. The van der Waals surface area contributed by atoms with E-state index in [1.165, 1.54) is 104 Å². The van der Waals surface area contributed by atoms with E-state index in [1.807, 2.05) is 37.3 Å². The van der Waals surface area contributed by atoms with Gasteiger partial charge in [-0.2, -0.15) is 0 Å². The van der Waals surface area contributed by atoms with Gasteiger partial charge >= 0.3 is 0 Å². The molecular formula is C68H66S. The van der Waals surface area contributed by atoms with Crippen LogP contribution in [0.2, 0.25) is 0 Å². The number of benzene rings is 9. The lowest BCUT2D eigenvalue weighted by Crippen LogP contribution is -2.28. The van der Waals surface area contributed by atoms with E-state index in [0.717, 1.165) is 6.42 Å². The summed E-state index contributed by atoms with van der Waals surface area (Å²) in [6, 6.07) is 76.1. The van der Waals surface area contributed by atoms with Crippen LogP contribution in [0.15, 0.2) is 225 Å². The largest absolute Gasteiger partial charge is 0.135 e. The first-order chi connectivity index (χ1) is 33.6. The summed E-state index contributed by atoms with van der Waals surface area (Å²) in [6.45, 7) is 20.9. The molecule has 0 nitrogen and oxygen atoms in total. The number of hydrogen-bond donors (Lipinski definition) is 0. The Morgan fingerprint density at radius 1 is 0.464 bits per heavy atom. The molecule has 0 saturated carbocycles. The van der Waals surface area contributed by atoms with Crippen molar-refractivity contribution in [2.75, 3.05) is 0 Å². The van der Waals surface area contributed by atoms with Gasteiger partial charge in [-0.25, -0.2) is 0 Å². The summed E-state index contributed by atoms with van der Waals surface area (Å²) in [5.74, 6) is 0. The van der Waals surface area contributed by atoms with Gasteiger partial charge < -0.3 is 0 Å². The number of hydrogen-bond acceptors (Lipinski definition) is 1. The van der Waals surface area contributed by atoms with Crippen LogP contribution >= 0.6 is 11.3 Å². The molecule has 9 aromatic carbocycles. The predicted molar refractivity (Wildman–Crippen MR) is 305 cm³/mol. The maximum atomic E-state index is 3.87. The van der Waals surface area contributed by atoms with E-state index in [2.05, 4.69) is 255 Å². The Hall–Kier alpha value is -7.32. The molecule has 69 heavy (non-hydrogen) atoms. The SMILES string of the molecule is C=Cc1sc2ccc(C)cc2c1/C=C\C.CCc1ccccc1.Cc1ccc(C)cc1.Cc1ccc2c(c1)C(c1ccccc1)(c1ccccc1)c1cc(C)c3ccccc3c1-2.Cc1ccccc1. The van der Waals surface area contributed by atoms with E-state index in [-0.39, 0.29) is 5.41 Å². The number of thiophene rings is 1. The van der Waals surface area contributed by atoms with Crippen molar-refractivity contribution < 1.29 is 0 Å². The smallest absolute Gasteiger partial charge is 0.0713 e. The molecule has 0 unspecified atom stereocenters. The summed E-state index contributed by atoms with van der Waals surface area (Å²) in [5, 5.41) is 4.02. The van der Waals surface area contributed by atoms with Crippen LogP contribution in [0.4, 0.5) is 0 Å². The van der Waals surface area contributed by atoms with Crippen LogP contribution in [0, 0.1) is 41.5 Å². The van der Waals surface area contributed by atoms with E-state index in [0.29, 0.717) is 0 Å². The fourth-order valence-electron chi connectivity index (χ4n) is 9.26. The highest BCUT2D eigenvalue weighted by Crippen LogP contribution is 2.58. The average Bonchev–Trinajstić information content (AvgIpc) is 3.88. The standard InChI is InChI=1S/C31H24.C14H14S.2C8H10.C7H8/c1-21-17-18-27-28(19-21)31(23-11-5-3-6-12-23,24-13-7-4-8-14-24)29-20-22(2)25-15-9-10-16-26(25)30(27)29;1-4-6-11-12-9-10(3)7-8-14(12)15-13(11)5-2;1-7-3-5-8(2)6-4-7;1-2-8-6-4-3-5-7-8;1-7-5-3-2-4-6-7/h3-20H,1-2H3;4-9H,2H2,1,3H3;3-6H,1-2H3;3-7H,2H2,1H3;2-6H,1H3/b;6-4-;;;. The summed E-state index contributed by atoms with van der Waals surface area (Å²) in [5.41, 5.74) is 18.4. The zero-order chi connectivity index (χ0) is 48.8. The molecule has 0 radical (unpaired) electrons. The van der Waals surface area contributed by atoms with Crippen LogP contribution in [0.1, 0.15) is 85.5 Å². The van der Waals surface area contributed by atoms with Gasteiger partial charge in [0.05, 0.1) is 5.41 Å². The van der Waals surface area contributed by atoms with Gasteiger partial charge in [-0.1, -0.05) is 260 Å². The van der Waals surface area contributed by atoms with Crippen molar-refractivity contribution in [2.24, 2.45) is 0 Å². The monoisotopic (exact) mass is 914 g/mol. The molecule has 0 N–H and O–H groups in total. The Bertz CT molecular complexity index is 3180. The highest BCUT2D eigenvalue weighted by molar-refractivity contribution is 7.20. The molecule has 1 heterocycles. The van der Waals surface area contributed by atoms with Crippen molar-refractivity contribution in [3.63, 3.8) is 0 Å². The van der Waals surface area contributed by atoms with Crippen molar-refractivity contribution in [1.82, 2.24) is 0 Å². The molecule has 0 atom stereocenters. The lowest BCUT2D eigenvalue weighted by Gasteiger charge is -2.34. The molecule has 0 fully saturated rings. The molecule has 10 aromatic rings. The van der Waals surface area contributed by atoms with Crippen molar-refractivity contribution in [2.45, 2.75) is 67.2 Å². The molecule has 0 amide bonds. The minimum Gasteiger partial charge on any atom is -0.135 e. The molecule has 11 rings (SSSR count). The van der Waals surface area contributed by atoms with Crippen LogP contribution in [-0.2, 0) is 11.8 Å². The lowest BCUT2D eigenvalue weighted by atomic mass is 9.67. The second kappa shape index (κ2) is 23.6. The number of rotatable bonds is 5. The fraction of sp³-hybridized carbons (Fsp3) is 0.147. The second-order valence-corrected chi connectivity index (χ2v) is 19.0. The second-order valence-electron chi connectivity index (χ2n) is 17.9. The maximum Gasteiger partial charge on any atom is 0.0713 e. The minimum atomic E-state index is -0.325. The highest BCUT2D eigenvalue weighted by Gasteiger charge is 2.46. The van der Waals surface area contributed by atoms with Crippen LogP contribution < -0.4 is 0 Å². The van der Waals surface area contributed by atoms with Crippen molar-refractivity contribution in [1.29, 1.82) is 0 Å². The Labute approximate surface area is 417 Å². The molecule has 0 bridgehead atoms. The van der Waals surface area contributed by atoms with Gasteiger partial charge in [-0.15, -0.1) is 11.3 Å². The first-order valence-corrected chi connectivity index (χ1v) is 25.0. The van der Waals surface area contributed by atoms with E-state index < -0.39 is 0 Å². The Kier molecular flexibility index (Phi) is 17.0. The molecule has 1 aliphatic rings. The van der Waals surface area contributed by atoms with Gasteiger partial charge in [0, 0.05) is 15.0 Å². The van der Waals surface area contributed by atoms with Crippen LogP contribution in [0.3, 0.4) is 0 Å². The van der Waals surface area contributed by atoms with Crippen molar-refractivity contribution in [3.05, 3.63) is 297 Å². The molecule has 344 valence electrons. The van der Waals surface area contributed by atoms with Gasteiger partial charge in [-0.3, -0.25) is 0 Å². The van der Waals surface area contributed by atoms with Crippen LogP contribution in [0.25, 0.3) is 44.1 Å². The van der Waals surface area contributed by atoms with Gasteiger partial charge in [0.25, 0.3) is 0 Å². The summed E-state index contributed by atoms with van der Waals surface area (Å²) >= 11 is 1.80. The zero-order valence-corrected chi connectivity index (χ0v) is 42.6. The number of fused-ring (bicyclic) bond motifs is 6. The minimum absolute atomic E-state index is 0.325. The van der Waals surface area contributed by atoms with E-state index >= 15 is 0 Å². The maximum absolute atomic E-state index is 3.87. The third-order valence-corrected chi connectivity index (χ3v) is 13.9. The van der Waals surface area contributed by atoms with Gasteiger partial charge in [-0.05, 0) is 128 Å². The van der Waals surface area contributed by atoms with Gasteiger partial charge in [0.2, 0.25) is 0 Å². The van der Waals surface area contributed by atoms with Crippen molar-refractivity contribution >= 4 is 44.3 Å². The lowest BCUT2D eigenvalue weighted by molar-refractivity contribution is 0.767. The Balaban J connectivity index is 0.000000152. The normalized spacial score (nSPS) is 11.7. The molecule has 0 spiro atoms. The molecule has 1 aliphatic carbocycles. The third kappa shape index (κ3) is 11.5. The van der Waals surface area contributed by atoms with Gasteiger partial charge in [0.15, 0.2) is 0 Å². The van der Waals surface area contributed by atoms with Crippen LogP contribution in [-0.4, -0.2) is 0 Å². The highest BCUT2D eigenvalue weighted by atomic mass is 32.1. The van der Waals surface area contributed by atoms with E-state index in [9.17, 15) is 0 Å². The summed E-state index contributed by atoms with van der Waals surface area (Å²) in [6.07, 6.45) is 7.32. The quantitative estimate of drug-likeness (QED) is 0.161. The van der Waals surface area contributed by atoms with Crippen LogP contribution in [0.5, 0.6) is 0 Å². The summed E-state index contributed by atoms with van der Waals surface area (Å²) in [4.78, 5) is 1.26. The summed E-state index contributed by atoms with van der Waals surface area (Å²) < 4.78 is 1.34. The predicted octanol–water partition coefficient (Wildman–Crippen LogP) is 19.3.